The molecule has 0 spiro atoms. The van der Waals surface area contributed by atoms with E-state index in [2.05, 4.69) is 10.1 Å². The maximum absolute atomic E-state index is 12.4. The van der Waals surface area contributed by atoms with Gasteiger partial charge in [-0.15, -0.1) is 0 Å². The number of aliphatic imine (C=N–C) groups is 1. The zero-order chi connectivity index (χ0) is 18.9. The lowest BCUT2D eigenvalue weighted by Gasteiger charge is -2.30. The second kappa shape index (κ2) is 6.44. The van der Waals surface area contributed by atoms with Crippen LogP contribution in [0.4, 0.5) is 0 Å². The summed E-state index contributed by atoms with van der Waals surface area (Å²) in [6.07, 6.45) is 0. The first kappa shape index (κ1) is 17.4. The van der Waals surface area contributed by atoms with Crippen molar-refractivity contribution in [2.45, 2.75) is 26.5 Å². The number of benzene rings is 1. The topological polar surface area (TPSA) is 107 Å². The highest BCUT2D eigenvalue weighted by Crippen LogP contribution is 2.31. The highest BCUT2D eigenvalue weighted by molar-refractivity contribution is 6.03. The molecule has 8 heteroatoms. The maximum Gasteiger partial charge on any atom is 0.358 e. The van der Waals surface area contributed by atoms with Gasteiger partial charge in [0, 0.05) is 6.07 Å². The van der Waals surface area contributed by atoms with Gasteiger partial charge < -0.3 is 9.47 Å². The monoisotopic (exact) mass is 352 g/mol. The Morgan fingerprint density at radius 2 is 2.12 bits per heavy atom. The molecule has 0 N–H and O–H groups in total. The summed E-state index contributed by atoms with van der Waals surface area (Å²) >= 11 is 0. The van der Waals surface area contributed by atoms with Crippen molar-refractivity contribution in [1.82, 2.24) is 9.78 Å². The van der Waals surface area contributed by atoms with Crippen LogP contribution < -0.4 is 10.3 Å². The van der Waals surface area contributed by atoms with E-state index in [4.69, 9.17) is 14.7 Å². The number of hydrogen-bond donors (Lipinski definition) is 0. The molecular formula is C18H16N4O4. The molecule has 1 aromatic heterocycles. The van der Waals surface area contributed by atoms with Gasteiger partial charge in [-0.1, -0.05) is 0 Å². The molecule has 0 unspecified atom stereocenters. The lowest BCUT2D eigenvalue weighted by atomic mass is 10.1. The van der Waals surface area contributed by atoms with Crippen LogP contribution in [0.25, 0.3) is 0 Å². The highest BCUT2D eigenvalue weighted by atomic mass is 16.5. The smallest absolute Gasteiger partial charge is 0.358 e. The number of carbonyl (C=O) groups excluding carboxylic acids is 1. The van der Waals surface area contributed by atoms with Crippen LogP contribution in [0.1, 0.15) is 42.4 Å². The van der Waals surface area contributed by atoms with Gasteiger partial charge in [-0.25, -0.2) is 9.79 Å². The predicted molar refractivity (Wildman–Crippen MR) is 92.3 cm³/mol. The summed E-state index contributed by atoms with van der Waals surface area (Å²) in [4.78, 5) is 28.8. The Morgan fingerprint density at radius 1 is 1.35 bits per heavy atom. The normalized spacial score (nSPS) is 14.5. The molecule has 8 nitrogen and oxygen atoms in total. The third-order valence-corrected chi connectivity index (χ3v) is 3.57. The lowest BCUT2D eigenvalue weighted by Crippen LogP contribution is -2.39. The van der Waals surface area contributed by atoms with Crippen molar-refractivity contribution in [1.29, 1.82) is 5.26 Å². The molecule has 1 aliphatic rings. The molecule has 0 radical (unpaired) electrons. The summed E-state index contributed by atoms with van der Waals surface area (Å²) in [5.74, 6) is 0.0258. The number of fused-ring (bicyclic) bond motifs is 1. The van der Waals surface area contributed by atoms with E-state index < -0.39 is 17.3 Å². The average molecular weight is 352 g/mol. The minimum absolute atomic E-state index is 0.0172. The second-order valence-corrected chi connectivity index (χ2v) is 6.00. The number of rotatable bonds is 2. The summed E-state index contributed by atoms with van der Waals surface area (Å²) in [5, 5.41) is 13.2. The van der Waals surface area contributed by atoms with Gasteiger partial charge in [0.15, 0.2) is 17.3 Å². The van der Waals surface area contributed by atoms with Crippen molar-refractivity contribution in [2.24, 2.45) is 4.99 Å². The van der Waals surface area contributed by atoms with Crippen LogP contribution in [-0.4, -0.2) is 33.9 Å². The Hall–Kier alpha value is -3.47. The first-order valence-corrected chi connectivity index (χ1v) is 7.96. The standard InChI is InChI=1S/C18H16N4O4/c1-4-25-17(24)13-6-8-15(23)22(21-13)16-12-9-11(10-19)5-7-14(12)26-18(2,3)20-16/h5-9H,4H2,1-3H3. The van der Waals surface area contributed by atoms with Crippen LogP contribution in [0.2, 0.25) is 0 Å². The van der Waals surface area contributed by atoms with Gasteiger partial charge in [0.05, 0.1) is 23.8 Å². The fourth-order valence-corrected chi connectivity index (χ4v) is 2.51. The molecule has 0 fully saturated rings. The van der Waals surface area contributed by atoms with Crippen LogP contribution in [-0.2, 0) is 4.74 Å². The number of nitrogens with zero attached hydrogens (tertiary/aromatic N) is 4. The van der Waals surface area contributed by atoms with E-state index in [9.17, 15) is 9.59 Å². The van der Waals surface area contributed by atoms with Crippen LogP contribution in [0, 0.1) is 11.3 Å². The first-order chi connectivity index (χ1) is 12.3. The number of aromatic nitrogens is 2. The predicted octanol–water partition coefficient (Wildman–Crippen LogP) is 1.72. The third-order valence-electron chi connectivity index (χ3n) is 3.57. The van der Waals surface area contributed by atoms with Crippen molar-refractivity contribution in [3.05, 3.63) is 57.5 Å². The molecule has 2 heterocycles. The van der Waals surface area contributed by atoms with Crippen molar-refractivity contribution >= 4 is 11.8 Å². The van der Waals surface area contributed by atoms with E-state index in [-0.39, 0.29) is 18.1 Å². The van der Waals surface area contributed by atoms with Gasteiger partial charge in [-0.2, -0.15) is 15.0 Å². The number of esters is 1. The molecule has 3 rings (SSSR count). The molecule has 0 amide bonds. The fourth-order valence-electron chi connectivity index (χ4n) is 2.51. The maximum atomic E-state index is 12.4. The molecule has 0 saturated heterocycles. The van der Waals surface area contributed by atoms with Gasteiger partial charge in [0.25, 0.3) is 5.56 Å². The van der Waals surface area contributed by atoms with E-state index in [1.165, 1.54) is 12.1 Å². The number of hydrogen-bond acceptors (Lipinski definition) is 7. The average Bonchev–Trinajstić information content (AvgIpc) is 2.60. The van der Waals surface area contributed by atoms with Gasteiger partial charge >= 0.3 is 5.97 Å². The van der Waals surface area contributed by atoms with Gasteiger partial charge in [-0.05, 0) is 45.0 Å². The van der Waals surface area contributed by atoms with Crippen LogP contribution in [0.5, 0.6) is 5.75 Å². The minimum atomic E-state index is -0.947. The van der Waals surface area contributed by atoms with E-state index in [0.717, 1.165) is 4.68 Å². The second-order valence-electron chi connectivity index (χ2n) is 6.00. The number of carbonyl (C=O) groups is 1. The molecule has 0 atom stereocenters. The number of nitriles is 1. The summed E-state index contributed by atoms with van der Waals surface area (Å²) in [5.41, 5.74) is -0.607. The van der Waals surface area contributed by atoms with E-state index in [1.807, 2.05) is 6.07 Å². The molecule has 0 saturated carbocycles. The molecule has 0 aliphatic carbocycles. The van der Waals surface area contributed by atoms with Gasteiger partial charge in [0.1, 0.15) is 5.75 Å². The molecule has 0 bridgehead atoms. The minimum Gasteiger partial charge on any atom is -0.466 e. The van der Waals surface area contributed by atoms with E-state index in [0.29, 0.717) is 16.9 Å². The molecule has 1 aliphatic heterocycles. The van der Waals surface area contributed by atoms with Crippen LogP contribution in [0.3, 0.4) is 0 Å². The Bertz CT molecular complexity index is 1010. The van der Waals surface area contributed by atoms with Gasteiger partial charge in [-0.3, -0.25) is 4.79 Å². The molecule has 26 heavy (non-hydrogen) atoms. The Balaban J connectivity index is 2.21. The highest BCUT2D eigenvalue weighted by Gasteiger charge is 2.30. The van der Waals surface area contributed by atoms with E-state index >= 15 is 0 Å². The van der Waals surface area contributed by atoms with Crippen molar-refractivity contribution in [3.8, 4) is 11.8 Å². The molecule has 1 aromatic carbocycles. The summed E-state index contributed by atoms with van der Waals surface area (Å²) < 4.78 is 11.8. The largest absolute Gasteiger partial charge is 0.466 e. The van der Waals surface area contributed by atoms with E-state index in [1.54, 1.807) is 39.0 Å². The van der Waals surface area contributed by atoms with Crippen molar-refractivity contribution < 1.29 is 14.3 Å². The number of ether oxygens (including phenoxy) is 2. The summed E-state index contributed by atoms with van der Waals surface area (Å²) in [6.45, 7) is 5.33. The Morgan fingerprint density at radius 3 is 2.81 bits per heavy atom. The Labute approximate surface area is 149 Å². The zero-order valence-electron chi connectivity index (χ0n) is 14.5. The van der Waals surface area contributed by atoms with Crippen molar-refractivity contribution in [2.75, 3.05) is 6.61 Å². The lowest BCUT2D eigenvalue weighted by molar-refractivity contribution is 0.0517. The molecular weight excluding hydrogens is 336 g/mol. The first-order valence-electron chi connectivity index (χ1n) is 7.96. The van der Waals surface area contributed by atoms with Crippen molar-refractivity contribution in [3.63, 3.8) is 0 Å². The molecule has 132 valence electrons. The quantitative estimate of drug-likeness (QED) is 0.762. The molecule has 2 aromatic rings. The fraction of sp³-hybridized carbons (Fsp3) is 0.278. The van der Waals surface area contributed by atoms with Gasteiger partial charge in [0.2, 0.25) is 0 Å². The Kier molecular flexibility index (Phi) is 4.30. The zero-order valence-corrected chi connectivity index (χ0v) is 14.5. The third kappa shape index (κ3) is 3.19. The summed E-state index contributed by atoms with van der Waals surface area (Å²) in [7, 11) is 0. The van der Waals surface area contributed by atoms with Crippen LogP contribution in [0.15, 0.2) is 40.1 Å². The van der Waals surface area contributed by atoms with Crippen LogP contribution >= 0.6 is 0 Å². The summed E-state index contributed by atoms with van der Waals surface area (Å²) in [6, 6.07) is 9.38. The SMILES string of the molecule is CCOC(=O)c1ccc(=O)n(C2=NC(C)(C)Oc3ccc(C#N)cc32)n1.